The first-order valence-electron chi connectivity index (χ1n) is 7.14. The van der Waals surface area contributed by atoms with E-state index in [1.807, 2.05) is 12.1 Å². The normalized spacial score (nSPS) is 15.5. The van der Waals surface area contributed by atoms with E-state index >= 15 is 0 Å². The van der Waals surface area contributed by atoms with Gasteiger partial charge in [0, 0.05) is 25.2 Å². The molecule has 1 fully saturated rings. The quantitative estimate of drug-likeness (QED) is 0.570. The van der Waals surface area contributed by atoms with Crippen LogP contribution in [0.5, 0.6) is 0 Å². The van der Waals surface area contributed by atoms with Crippen molar-refractivity contribution in [3.8, 4) is 0 Å². The van der Waals surface area contributed by atoms with Gasteiger partial charge in [-0.05, 0) is 12.5 Å². The van der Waals surface area contributed by atoms with Gasteiger partial charge in [0.1, 0.15) is 5.76 Å². The molecule has 114 valence electrons. The van der Waals surface area contributed by atoms with Crippen LogP contribution in [0.4, 0.5) is 0 Å². The summed E-state index contributed by atoms with van der Waals surface area (Å²) in [7, 11) is 0. The van der Waals surface area contributed by atoms with Gasteiger partial charge in [-0.25, -0.2) is 0 Å². The highest BCUT2D eigenvalue weighted by Crippen LogP contribution is 2.16. The SMILES string of the molecule is C=C(C)OCOC(=C)c1ccc(CN2CCOCC2)cc1. The molecule has 0 aromatic heterocycles. The summed E-state index contributed by atoms with van der Waals surface area (Å²) in [4.78, 5) is 2.39. The molecule has 0 saturated carbocycles. The van der Waals surface area contributed by atoms with Crippen molar-refractivity contribution in [1.82, 2.24) is 4.90 Å². The Balaban J connectivity index is 1.83. The topological polar surface area (TPSA) is 30.9 Å². The lowest BCUT2D eigenvalue weighted by Gasteiger charge is -2.26. The number of rotatable bonds is 7. The predicted molar refractivity (Wildman–Crippen MR) is 83.4 cm³/mol. The van der Waals surface area contributed by atoms with Crippen molar-refractivity contribution in [2.75, 3.05) is 33.1 Å². The molecule has 0 atom stereocenters. The van der Waals surface area contributed by atoms with Crippen LogP contribution in [0.25, 0.3) is 5.76 Å². The summed E-state index contributed by atoms with van der Waals surface area (Å²) in [5.41, 5.74) is 2.25. The van der Waals surface area contributed by atoms with Gasteiger partial charge in [-0.15, -0.1) is 0 Å². The standard InChI is InChI=1S/C17H23NO3/c1-14(2)20-13-21-15(3)17-6-4-16(5-7-17)12-18-8-10-19-11-9-18/h4-7H,1,3,8-13H2,2H3. The van der Waals surface area contributed by atoms with Crippen molar-refractivity contribution in [3.63, 3.8) is 0 Å². The minimum Gasteiger partial charge on any atom is -0.463 e. The minimum atomic E-state index is 0.143. The lowest BCUT2D eigenvalue weighted by atomic mass is 10.1. The summed E-state index contributed by atoms with van der Waals surface area (Å²) in [6.45, 7) is 14.1. The first kappa shape index (κ1) is 15.6. The van der Waals surface area contributed by atoms with Crippen molar-refractivity contribution in [1.29, 1.82) is 0 Å². The van der Waals surface area contributed by atoms with Gasteiger partial charge in [0.2, 0.25) is 6.79 Å². The lowest BCUT2D eigenvalue weighted by molar-refractivity contribution is 0.0342. The van der Waals surface area contributed by atoms with Gasteiger partial charge < -0.3 is 14.2 Å². The van der Waals surface area contributed by atoms with Crippen LogP contribution in [0.2, 0.25) is 0 Å². The molecule has 1 saturated heterocycles. The molecular formula is C17H23NO3. The van der Waals surface area contributed by atoms with E-state index in [-0.39, 0.29) is 6.79 Å². The molecule has 1 heterocycles. The third kappa shape index (κ3) is 5.25. The van der Waals surface area contributed by atoms with Crippen LogP contribution < -0.4 is 0 Å². The van der Waals surface area contributed by atoms with E-state index in [4.69, 9.17) is 14.2 Å². The summed E-state index contributed by atoms with van der Waals surface area (Å²) in [5.74, 6) is 1.23. The Hall–Kier alpha value is -1.78. The van der Waals surface area contributed by atoms with Gasteiger partial charge in [-0.2, -0.15) is 0 Å². The van der Waals surface area contributed by atoms with E-state index < -0.39 is 0 Å². The molecule has 1 aliphatic heterocycles. The molecule has 21 heavy (non-hydrogen) atoms. The van der Waals surface area contributed by atoms with Crippen LogP contribution in [-0.2, 0) is 20.8 Å². The fourth-order valence-electron chi connectivity index (χ4n) is 2.10. The third-order valence-corrected chi connectivity index (χ3v) is 3.32. The van der Waals surface area contributed by atoms with Crippen LogP contribution in [0.15, 0.2) is 43.2 Å². The summed E-state index contributed by atoms with van der Waals surface area (Å²) in [6.07, 6.45) is 0. The zero-order valence-corrected chi connectivity index (χ0v) is 12.6. The van der Waals surface area contributed by atoms with Crippen molar-refractivity contribution in [3.05, 3.63) is 54.3 Å². The number of allylic oxidation sites excluding steroid dienone is 1. The summed E-state index contributed by atoms with van der Waals surface area (Å²) in [5, 5.41) is 0. The highest BCUT2D eigenvalue weighted by Gasteiger charge is 2.10. The molecule has 1 aliphatic rings. The van der Waals surface area contributed by atoms with Crippen LogP contribution in [0.1, 0.15) is 18.1 Å². The predicted octanol–water partition coefficient (Wildman–Crippen LogP) is 3.01. The molecule has 0 aliphatic carbocycles. The number of morpholine rings is 1. The summed E-state index contributed by atoms with van der Waals surface area (Å²) in [6, 6.07) is 8.27. The number of hydrogen-bond acceptors (Lipinski definition) is 4. The number of nitrogens with zero attached hydrogens (tertiary/aromatic N) is 1. The fourth-order valence-corrected chi connectivity index (χ4v) is 2.10. The van der Waals surface area contributed by atoms with Crippen LogP contribution >= 0.6 is 0 Å². The van der Waals surface area contributed by atoms with Crippen LogP contribution in [0, 0.1) is 0 Å². The summed E-state index contributed by atoms with van der Waals surface area (Å²) < 4.78 is 15.9. The Morgan fingerprint density at radius 3 is 2.43 bits per heavy atom. The highest BCUT2D eigenvalue weighted by atomic mass is 16.7. The van der Waals surface area contributed by atoms with E-state index in [0.717, 1.165) is 38.4 Å². The monoisotopic (exact) mass is 289 g/mol. The molecule has 2 rings (SSSR count). The van der Waals surface area contributed by atoms with Gasteiger partial charge in [-0.3, -0.25) is 4.90 Å². The molecule has 0 amide bonds. The van der Waals surface area contributed by atoms with Gasteiger partial charge in [0.05, 0.1) is 19.0 Å². The van der Waals surface area contributed by atoms with Gasteiger partial charge in [-0.1, -0.05) is 37.4 Å². The second-order valence-electron chi connectivity index (χ2n) is 5.12. The maximum absolute atomic E-state index is 5.42. The Morgan fingerprint density at radius 1 is 1.14 bits per heavy atom. The second-order valence-corrected chi connectivity index (χ2v) is 5.12. The molecule has 1 aromatic carbocycles. The van der Waals surface area contributed by atoms with Crippen molar-refractivity contribution < 1.29 is 14.2 Å². The zero-order chi connectivity index (χ0) is 15.1. The third-order valence-electron chi connectivity index (χ3n) is 3.32. The van der Waals surface area contributed by atoms with Crippen molar-refractivity contribution >= 4 is 5.76 Å². The van der Waals surface area contributed by atoms with E-state index in [9.17, 15) is 0 Å². The van der Waals surface area contributed by atoms with E-state index in [2.05, 4.69) is 30.2 Å². The van der Waals surface area contributed by atoms with Gasteiger partial charge in [0.15, 0.2) is 0 Å². The number of ether oxygens (including phenoxy) is 3. The zero-order valence-electron chi connectivity index (χ0n) is 12.6. The largest absolute Gasteiger partial charge is 0.463 e. The molecular weight excluding hydrogens is 266 g/mol. The average molecular weight is 289 g/mol. The highest BCUT2D eigenvalue weighted by molar-refractivity contribution is 5.57. The number of hydrogen-bond donors (Lipinski definition) is 0. The second kappa shape index (κ2) is 7.86. The minimum absolute atomic E-state index is 0.143. The smallest absolute Gasteiger partial charge is 0.230 e. The Kier molecular flexibility index (Phi) is 5.84. The number of benzene rings is 1. The molecule has 4 heteroatoms. The van der Waals surface area contributed by atoms with Crippen molar-refractivity contribution in [2.24, 2.45) is 0 Å². The maximum Gasteiger partial charge on any atom is 0.230 e. The summed E-state index contributed by atoms with van der Waals surface area (Å²) >= 11 is 0. The van der Waals surface area contributed by atoms with Gasteiger partial charge >= 0.3 is 0 Å². The van der Waals surface area contributed by atoms with Crippen LogP contribution in [0.3, 0.4) is 0 Å². The van der Waals surface area contributed by atoms with Gasteiger partial charge in [0.25, 0.3) is 0 Å². The Morgan fingerprint density at radius 2 is 1.81 bits per heavy atom. The molecule has 0 spiro atoms. The van der Waals surface area contributed by atoms with Crippen LogP contribution in [-0.4, -0.2) is 38.0 Å². The van der Waals surface area contributed by atoms with E-state index in [1.165, 1.54) is 5.56 Å². The molecule has 0 unspecified atom stereocenters. The molecule has 0 N–H and O–H groups in total. The van der Waals surface area contributed by atoms with Crippen molar-refractivity contribution in [2.45, 2.75) is 13.5 Å². The maximum atomic E-state index is 5.42. The Bertz CT molecular complexity index is 475. The molecule has 0 radical (unpaired) electrons. The first-order chi connectivity index (χ1) is 10.1. The van der Waals surface area contributed by atoms with E-state index in [1.54, 1.807) is 6.92 Å². The first-order valence-corrected chi connectivity index (χ1v) is 7.14. The average Bonchev–Trinajstić information content (AvgIpc) is 2.48. The lowest BCUT2D eigenvalue weighted by Crippen LogP contribution is -2.35. The fraction of sp³-hybridized carbons (Fsp3) is 0.412. The molecule has 0 bridgehead atoms. The molecule has 4 nitrogen and oxygen atoms in total. The Labute approximate surface area is 126 Å². The molecule has 1 aromatic rings. The van der Waals surface area contributed by atoms with E-state index in [0.29, 0.717) is 11.5 Å².